The van der Waals surface area contributed by atoms with Crippen LogP contribution in [0.25, 0.3) is 16.9 Å². The van der Waals surface area contributed by atoms with Crippen molar-refractivity contribution in [2.24, 2.45) is 0 Å². The Balaban J connectivity index is 2.03. The van der Waals surface area contributed by atoms with Crippen LogP contribution in [0.2, 0.25) is 0 Å². The highest BCUT2D eigenvalue weighted by atomic mass is 16.2. The van der Waals surface area contributed by atoms with E-state index in [9.17, 15) is 9.59 Å². The molecule has 1 atom stereocenters. The van der Waals surface area contributed by atoms with Crippen molar-refractivity contribution in [1.29, 1.82) is 0 Å². The van der Waals surface area contributed by atoms with Gasteiger partial charge in [0.1, 0.15) is 11.7 Å². The number of likely N-dealkylation sites (N-methyl/N-ethyl adjacent to an activating group) is 1. The number of nitrogens with zero attached hydrogens (tertiary/aromatic N) is 2. The van der Waals surface area contributed by atoms with E-state index in [0.717, 1.165) is 22.4 Å². The first-order chi connectivity index (χ1) is 13.9. The first kappa shape index (κ1) is 20.3. The standard InChI is InChI=1S/C23H26N4O2/c1-5-24-22(28)17(4)25-23(29)20-14-27(18-9-7-6-8-10-18)26-21(20)19-12-11-15(2)13-16(19)3/h6-14,17H,5H2,1-4H3,(H,24,28)(H,25,29)/t17-/m0/s1. The zero-order valence-corrected chi connectivity index (χ0v) is 17.2. The van der Waals surface area contributed by atoms with Gasteiger partial charge in [0.15, 0.2) is 0 Å². The van der Waals surface area contributed by atoms with Crippen LogP contribution in [0.5, 0.6) is 0 Å². The summed E-state index contributed by atoms with van der Waals surface area (Å²) in [7, 11) is 0. The lowest BCUT2D eigenvalue weighted by Gasteiger charge is -2.13. The molecule has 29 heavy (non-hydrogen) atoms. The molecule has 2 N–H and O–H groups in total. The average Bonchev–Trinajstić information content (AvgIpc) is 3.14. The monoisotopic (exact) mass is 390 g/mol. The summed E-state index contributed by atoms with van der Waals surface area (Å²) in [5.74, 6) is -0.551. The summed E-state index contributed by atoms with van der Waals surface area (Å²) in [4.78, 5) is 25.1. The molecular formula is C23H26N4O2. The number of aromatic nitrogens is 2. The summed E-state index contributed by atoms with van der Waals surface area (Å²) in [6.45, 7) is 8.05. The van der Waals surface area contributed by atoms with Crippen molar-refractivity contribution in [3.05, 3.63) is 71.4 Å². The van der Waals surface area contributed by atoms with Gasteiger partial charge in [-0.3, -0.25) is 9.59 Å². The number of hydrogen-bond acceptors (Lipinski definition) is 3. The van der Waals surface area contributed by atoms with Gasteiger partial charge in [-0.2, -0.15) is 5.10 Å². The van der Waals surface area contributed by atoms with Gasteiger partial charge in [-0.05, 0) is 45.4 Å². The van der Waals surface area contributed by atoms with E-state index in [-0.39, 0.29) is 11.8 Å². The average molecular weight is 390 g/mol. The summed E-state index contributed by atoms with van der Waals surface area (Å²) < 4.78 is 1.69. The summed E-state index contributed by atoms with van der Waals surface area (Å²) in [5, 5.41) is 10.2. The molecule has 2 amide bonds. The van der Waals surface area contributed by atoms with Crippen LogP contribution in [0.15, 0.2) is 54.7 Å². The molecule has 0 bridgehead atoms. The van der Waals surface area contributed by atoms with Crippen LogP contribution < -0.4 is 10.6 Å². The van der Waals surface area contributed by atoms with Crippen molar-refractivity contribution < 1.29 is 9.59 Å². The Morgan fingerprint density at radius 1 is 1.10 bits per heavy atom. The van der Waals surface area contributed by atoms with Gasteiger partial charge in [-0.15, -0.1) is 0 Å². The van der Waals surface area contributed by atoms with Gasteiger partial charge in [0.25, 0.3) is 5.91 Å². The van der Waals surface area contributed by atoms with Gasteiger partial charge in [0, 0.05) is 18.3 Å². The van der Waals surface area contributed by atoms with Crippen LogP contribution in [0.4, 0.5) is 0 Å². The number of benzene rings is 2. The second kappa shape index (κ2) is 8.73. The van der Waals surface area contributed by atoms with Crippen molar-refractivity contribution in [3.63, 3.8) is 0 Å². The van der Waals surface area contributed by atoms with E-state index in [4.69, 9.17) is 5.10 Å². The predicted molar refractivity (Wildman–Crippen MR) is 114 cm³/mol. The van der Waals surface area contributed by atoms with Crippen LogP contribution in [-0.4, -0.2) is 34.2 Å². The number of nitrogens with one attached hydrogen (secondary N) is 2. The fraction of sp³-hybridized carbons (Fsp3) is 0.261. The van der Waals surface area contributed by atoms with Crippen LogP contribution in [0.3, 0.4) is 0 Å². The lowest BCUT2D eigenvalue weighted by molar-refractivity contribution is -0.122. The van der Waals surface area contributed by atoms with E-state index in [1.807, 2.05) is 63.2 Å². The van der Waals surface area contributed by atoms with E-state index < -0.39 is 6.04 Å². The van der Waals surface area contributed by atoms with Crippen molar-refractivity contribution in [1.82, 2.24) is 20.4 Å². The third kappa shape index (κ3) is 4.54. The minimum atomic E-state index is -0.644. The Morgan fingerprint density at radius 3 is 2.48 bits per heavy atom. The third-order valence-electron chi connectivity index (χ3n) is 4.71. The Bertz CT molecular complexity index is 1020. The summed E-state index contributed by atoms with van der Waals surface area (Å²) in [6.07, 6.45) is 1.71. The quantitative estimate of drug-likeness (QED) is 0.677. The molecule has 0 aliphatic rings. The van der Waals surface area contributed by atoms with Crippen molar-refractivity contribution in [2.75, 3.05) is 6.54 Å². The van der Waals surface area contributed by atoms with E-state index in [1.165, 1.54) is 0 Å². The Labute approximate surface area is 170 Å². The molecule has 0 fully saturated rings. The zero-order chi connectivity index (χ0) is 21.0. The minimum absolute atomic E-state index is 0.218. The van der Waals surface area contributed by atoms with Crippen LogP contribution in [0.1, 0.15) is 35.3 Å². The number of amides is 2. The maximum Gasteiger partial charge on any atom is 0.255 e. The predicted octanol–water partition coefficient (Wildman–Crippen LogP) is 3.41. The molecule has 0 saturated carbocycles. The highest BCUT2D eigenvalue weighted by Gasteiger charge is 2.23. The molecule has 6 nitrogen and oxygen atoms in total. The van der Waals surface area contributed by atoms with Gasteiger partial charge in [-0.25, -0.2) is 4.68 Å². The number of para-hydroxylation sites is 1. The van der Waals surface area contributed by atoms with Crippen LogP contribution >= 0.6 is 0 Å². The molecule has 3 aromatic rings. The first-order valence-electron chi connectivity index (χ1n) is 9.72. The van der Waals surface area contributed by atoms with E-state index in [2.05, 4.69) is 16.7 Å². The number of carbonyl (C=O) groups is 2. The normalized spacial score (nSPS) is 11.7. The summed E-state index contributed by atoms with van der Waals surface area (Å²) >= 11 is 0. The molecular weight excluding hydrogens is 364 g/mol. The topological polar surface area (TPSA) is 76.0 Å². The van der Waals surface area contributed by atoms with Gasteiger partial charge < -0.3 is 10.6 Å². The summed E-state index contributed by atoms with van der Waals surface area (Å²) in [6, 6.07) is 15.0. The van der Waals surface area contributed by atoms with E-state index in [0.29, 0.717) is 17.8 Å². The van der Waals surface area contributed by atoms with Crippen LogP contribution in [-0.2, 0) is 4.79 Å². The maximum absolute atomic E-state index is 13.0. The number of carbonyl (C=O) groups excluding carboxylic acids is 2. The zero-order valence-electron chi connectivity index (χ0n) is 17.2. The first-order valence-corrected chi connectivity index (χ1v) is 9.72. The second-order valence-electron chi connectivity index (χ2n) is 7.08. The number of aryl methyl sites for hydroxylation is 2. The van der Waals surface area contributed by atoms with Crippen molar-refractivity contribution in [2.45, 2.75) is 33.7 Å². The largest absolute Gasteiger partial charge is 0.355 e. The SMILES string of the molecule is CCNC(=O)[C@H](C)NC(=O)c1cn(-c2ccccc2)nc1-c1ccc(C)cc1C. The van der Waals surface area contributed by atoms with Crippen molar-refractivity contribution in [3.8, 4) is 16.9 Å². The lowest BCUT2D eigenvalue weighted by Crippen LogP contribution is -2.44. The molecule has 6 heteroatoms. The van der Waals surface area contributed by atoms with Crippen molar-refractivity contribution >= 4 is 11.8 Å². The Morgan fingerprint density at radius 2 is 1.83 bits per heavy atom. The lowest BCUT2D eigenvalue weighted by atomic mass is 10.0. The molecule has 1 heterocycles. The Hall–Kier alpha value is -3.41. The molecule has 1 aromatic heterocycles. The molecule has 0 aliphatic carbocycles. The third-order valence-corrected chi connectivity index (χ3v) is 4.71. The smallest absolute Gasteiger partial charge is 0.255 e. The minimum Gasteiger partial charge on any atom is -0.355 e. The Kier molecular flexibility index (Phi) is 6.12. The maximum atomic E-state index is 13.0. The van der Waals surface area contributed by atoms with Gasteiger partial charge >= 0.3 is 0 Å². The van der Waals surface area contributed by atoms with E-state index >= 15 is 0 Å². The number of hydrogen-bond donors (Lipinski definition) is 2. The van der Waals surface area contributed by atoms with Crippen LogP contribution in [0, 0.1) is 13.8 Å². The molecule has 0 unspecified atom stereocenters. The molecule has 150 valence electrons. The molecule has 0 radical (unpaired) electrons. The molecule has 0 spiro atoms. The molecule has 0 aliphatic heterocycles. The fourth-order valence-electron chi connectivity index (χ4n) is 3.20. The molecule has 0 saturated heterocycles. The van der Waals surface area contributed by atoms with E-state index in [1.54, 1.807) is 17.8 Å². The van der Waals surface area contributed by atoms with Gasteiger partial charge in [0.05, 0.1) is 11.3 Å². The molecule has 3 rings (SSSR count). The molecule has 2 aromatic carbocycles. The highest BCUT2D eigenvalue weighted by molar-refractivity contribution is 6.02. The fourth-order valence-corrected chi connectivity index (χ4v) is 3.20. The highest BCUT2D eigenvalue weighted by Crippen LogP contribution is 2.27. The summed E-state index contributed by atoms with van der Waals surface area (Å²) in [5.41, 5.74) is 4.94. The van der Waals surface area contributed by atoms with Gasteiger partial charge in [0.2, 0.25) is 5.91 Å². The number of rotatable bonds is 6. The van der Waals surface area contributed by atoms with Gasteiger partial charge in [-0.1, -0.05) is 42.0 Å². The second-order valence-corrected chi connectivity index (χ2v) is 7.08.